The van der Waals surface area contributed by atoms with Gasteiger partial charge in [-0.1, -0.05) is 56.5 Å². The van der Waals surface area contributed by atoms with Crippen LogP contribution in [-0.4, -0.2) is 24.0 Å². The summed E-state index contributed by atoms with van der Waals surface area (Å²) in [6.45, 7) is 3.74. The van der Waals surface area contributed by atoms with Gasteiger partial charge < -0.3 is 5.73 Å². The summed E-state index contributed by atoms with van der Waals surface area (Å²) in [7, 11) is 0. The highest BCUT2D eigenvalue weighted by Crippen LogP contribution is 2.26. The Labute approximate surface area is 122 Å². The predicted molar refractivity (Wildman–Crippen MR) is 82.0 cm³/mol. The van der Waals surface area contributed by atoms with Gasteiger partial charge in [-0.2, -0.15) is 5.26 Å². The molecule has 1 aromatic rings. The minimum atomic E-state index is -0.908. The first-order chi connectivity index (χ1) is 9.69. The summed E-state index contributed by atoms with van der Waals surface area (Å²) >= 11 is 0. The molecule has 2 N–H and O–H groups in total. The first-order valence-electron chi connectivity index (χ1n) is 7.69. The molecule has 0 spiro atoms. The van der Waals surface area contributed by atoms with Crippen LogP contribution in [0, 0.1) is 11.3 Å². The Bertz CT molecular complexity index is 445. The quantitative estimate of drug-likeness (QED) is 0.895. The van der Waals surface area contributed by atoms with Crippen molar-refractivity contribution >= 4 is 0 Å². The molecule has 1 unspecified atom stereocenters. The van der Waals surface area contributed by atoms with Crippen LogP contribution in [0.2, 0.25) is 0 Å². The van der Waals surface area contributed by atoms with Crippen LogP contribution in [0.25, 0.3) is 0 Å². The van der Waals surface area contributed by atoms with Crippen molar-refractivity contribution in [2.24, 2.45) is 5.73 Å². The largest absolute Gasteiger partial charge is 0.309 e. The van der Waals surface area contributed by atoms with Gasteiger partial charge in [0.05, 0.1) is 6.07 Å². The van der Waals surface area contributed by atoms with Crippen LogP contribution in [0.5, 0.6) is 0 Å². The summed E-state index contributed by atoms with van der Waals surface area (Å²) < 4.78 is 0. The maximum atomic E-state index is 9.58. The molecule has 0 bridgehead atoms. The number of likely N-dealkylation sites (N-methyl/N-ethyl adjacent to an activating group) is 1. The first kappa shape index (κ1) is 15.0. The van der Waals surface area contributed by atoms with Crippen molar-refractivity contribution in [2.45, 2.75) is 50.6 Å². The van der Waals surface area contributed by atoms with Crippen LogP contribution in [0.4, 0.5) is 0 Å². The van der Waals surface area contributed by atoms with E-state index in [1.165, 1.54) is 32.1 Å². The number of nitriles is 1. The van der Waals surface area contributed by atoms with E-state index in [4.69, 9.17) is 5.73 Å². The molecule has 0 amide bonds. The zero-order chi connectivity index (χ0) is 14.4. The molecular weight excluding hydrogens is 246 g/mol. The van der Waals surface area contributed by atoms with Gasteiger partial charge in [-0.15, -0.1) is 0 Å². The Balaban J connectivity index is 2.13. The van der Waals surface area contributed by atoms with Gasteiger partial charge in [0.25, 0.3) is 0 Å². The second-order valence-electron chi connectivity index (χ2n) is 5.80. The van der Waals surface area contributed by atoms with E-state index in [0.717, 1.165) is 12.1 Å². The number of nitrogens with two attached hydrogens (primary N) is 1. The van der Waals surface area contributed by atoms with Gasteiger partial charge in [0.15, 0.2) is 0 Å². The molecule has 108 valence electrons. The minimum absolute atomic E-state index is 0.591. The molecule has 1 fully saturated rings. The molecule has 1 atom stereocenters. The third-order valence-corrected chi connectivity index (χ3v) is 4.44. The van der Waals surface area contributed by atoms with Crippen molar-refractivity contribution in [3.63, 3.8) is 0 Å². The topological polar surface area (TPSA) is 53.0 Å². The van der Waals surface area contributed by atoms with E-state index >= 15 is 0 Å². The standard InChI is InChI=1S/C17H25N3/c1-2-20(16-11-7-4-8-12-16)14-17(19,13-18)15-9-5-3-6-10-15/h3,5-6,9-10,16H,2,4,7-8,11-12,14,19H2,1H3. The first-order valence-corrected chi connectivity index (χ1v) is 7.69. The lowest BCUT2D eigenvalue weighted by atomic mass is 9.89. The summed E-state index contributed by atoms with van der Waals surface area (Å²) in [5, 5.41) is 9.58. The second kappa shape index (κ2) is 6.88. The van der Waals surface area contributed by atoms with Crippen LogP contribution in [0.1, 0.15) is 44.6 Å². The summed E-state index contributed by atoms with van der Waals surface area (Å²) in [4.78, 5) is 2.40. The van der Waals surface area contributed by atoms with Gasteiger partial charge in [0, 0.05) is 12.6 Å². The van der Waals surface area contributed by atoms with Crippen LogP contribution >= 0.6 is 0 Å². The fraction of sp³-hybridized carbons (Fsp3) is 0.588. The number of nitrogens with zero attached hydrogens (tertiary/aromatic N) is 2. The maximum Gasteiger partial charge on any atom is 0.142 e. The normalized spacial score (nSPS) is 19.5. The molecule has 0 radical (unpaired) electrons. The van der Waals surface area contributed by atoms with E-state index in [9.17, 15) is 5.26 Å². The van der Waals surface area contributed by atoms with Gasteiger partial charge in [-0.05, 0) is 24.9 Å². The molecule has 20 heavy (non-hydrogen) atoms. The summed E-state index contributed by atoms with van der Waals surface area (Å²) in [5.41, 5.74) is 6.40. The van der Waals surface area contributed by atoms with Crippen molar-refractivity contribution in [3.05, 3.63) is 35.9 Å². The Kier molecular flexibility index (Phi) is 5.17. The predicted octanol–water partition coefficient (Wildman–Crippen LogP) is 3.02. The lowest BCUT2D eigenvalue weighted by Crippen LogP contribution is -2.50. The van der Waals surface area contributed by atoms with E-state index in [1.54, 1.807) is 0 Å². The molecule has 1 aliphatic carbocycles. The molecule has 0 saturated heterocycles. The molecule has 0 aliphatic heterocycles. The van der Waals surface area contributed by atoms with Crippen LogP contribution in [0.3, 0.4) is 0 Å². The van der Waals surface area contributed by atoms with Crippen molar-refractivity contribution < 1.29 is 0 Å². The van der Waals surface area contributed by atoms with Crippen molar-refractivity contribution in [1.82, 2.24) is 4.90 Å². The lowest BCUT2D eigenvalue weighted by molar-refractivity contribution is 0.142. The molecular formula is C17H25N3. The lowest BCUT2D eigenvalue weighted by Gasteiger charge is -2.37. The van der Waals surface area contributed by atoms with E-state index < -0.39 is 5.54 Å². The Morgan fingerprint density at radius 3 is 2.45 bits per heavy atom. The van der Waals surface area contributed by atoms with Crippen LogP contribution in [0.15, 0.2) is 30.3 Å². The van der Waals surface area contributed by atoms with Gasteiger partial charge in [-0.25, -0.2) is 0 Å². The average molecular weight is 271 g/mol. The van der Waals surface area contributed by atoms with Gasteiger partial charge >= 0.3 is 0 Å². The van der Waals surface area contributed by atoms with Crippen LogP contribution < -0.4 is 5.73 Å². The highest BCUT2D eigenvalue weighted by atomic mass is 15.2. The zero-order valence-electron chi connectivity index (χ0n) is 12.4. The van der Waals surface area contributed by atoms with Crippen molar-refractivity contribution in [2.75, 3.05) is 13.1 Å². The summed E-state index contributed by atoms with van der Waals surface area (Å²) in [5.74, 6) is 0. The number of rotatable bonds is 5. The monoisotopic (exact) mass is 271 g/mol. The molecule has 0 aromatic heterocycles. The van der Waals surface area contributed by atoms with Crippen molar-refractivity contribution in [1.29, 1.82) is 5.26 Å². The van der Waals surface area contributed by atoms with E-state index in [0.29, 0.717) is 12.6 Å². The molecule has 3 nitrogen and oxygen atoms in total. The zero-order valence-corrected chi connectivity index (χ0v) is 12.4. The summed E-state index contributed by atoms with van der Waals surface area (Å²) in [6.07, 6.45) is 6.43. The highest BCUT2D eigenvalue weighted by Gasteiger charge is 2.32. The minimum Gasteiger partial charge on any atom is -0.309 e. The number of hydrogen-bond acceptors (Lipinski definition) is 3. The third-order valence-electron chi connectivity index (χ3n) is 4.44. The van der Waals surface area contributed by atoms with Crippen molar-refractivity contribution in [3.8, 4) is 6.07 Å². The highest BCUT2D eigenvalue weighted by molar-refractivity contribution is 5.31. The molecule has 3 heteroatoms. The fourth-order valence-corrected chi connectivity index (χ4v) is 3.19. The number of hydrogen-bond donors (Lipinski definition) is 1. The SMILES string of the molecule is CCN(CC(N)(C#N)c1ccccc1)C1CCCCC1. The van der Waals surface area contributed by atoms with Gasteiger partial charge in [-0.3, -0.25) is 4.90 Å². The average Bonchev–Trinajstić information content (AvgIpc) is 2.54. The molecule has 1 aliphatic rings. The maximum absolute atomic E-state index is 9.58. The molecule has 1 aromatic carbocycles. The molecule has 1 saturated carbocycles. The van der Waals surface area contributed by atoms with Gasteiger partial charge in [0.2, 0.25) is 0 Å². The van der Waals surface area contributed by atoms with Gasteiger partial charge in [0.1, 0.15) is 5.54 Å². The third kappa shape index (κ3) is 3.39. The summed E-state index contributed by atoms with van der Waals surface area (Å²) in [6, 6.07) is 12.7. The van der Waals surface area contributed by atoms with E-state index in [-0.39, 0.29) is 0 Å². The Morgan fingerprint density at radius 2 is 1.90 bits per heavy atom. The van der Waals surface area contributed by atoms with E-state index in [1.807, 2.05) is 30.3 Å². The Morgan fingerprint density at radius 1 is 1.25 bits per heavy atom. The second-order valence-corrected chi connectivity index (χ2v) is 5.80. The number of benzene rings is 1. The van der Waals surface area contributed by atoms with Crippen LogP contribution in [-0.2, 0) is 5.54 Å². The molecule has 0 heterocycles. The fourth-order valence-electron chi connectivity index (χ4n) is 3.19. The smallest absolute Gasteiger partial charge is 0.142 e. The van der Waals surface area contributed by atoms with E-state index in [2.05, 4.69) is 17.9 Å². The Hall–Kier alpha value is -1.37. The molecule has 2 rings (SSSR count).